The first-order valence-corrected chi connectivity index (χ1v) is 10.1. The second-order valence-electron chi connectivity index (χ2n) is 7.21. The molecule has 31 heavy (non-hydrogen) atoms. The fourth-order valence-corrected chi connectivity index (χ4v) is 3.27. The SMILES string of the molecule is Cn1ccnc1COc1ccc(C(=O)Nc2cccc(C(=O)N3CCOCC3)c2)cc1. The molecule has 8 nitrogen and oxygen atoms in total. The number of carbonyl (C=O) groups is 2. The van der Waals surface area contributed by atoms with Crippen molar-refractivity contribution in [2.75, 3.05) is 31.6 Å². The molecule has 0 atom stereocenters. The Bertz CT molecular complexity index is 1060. The van der Waals surface area contributed by atoms with Gasteiger partial charge in [0, 0.05) is 49.3 Å². The van der Waals surface area contributed by atoms with Crippen LogP contribution in [0.3, 0.4) is 0 Å². The highest BCUT2D eigenvalue weighted by Gasteiger charge is 2.19. The number of carbonyl (C=O) groups excluding carboxylic acids is 2. The Balaban J connectivity index is 1.36. The van der Waals surface area contributed by atoms with Crippen molar-refractivity contribution < 1.29 is 19.1 Å². The number of imidazole rings is 1. The van der Waals surface area contributed by atoms with E-state index in [4.69, 9.17) is 9.47 Å². The molecule has 0 unspecified atom stereocenters. The van der Waals surface area contributed by atoms with Crippen molar-refractivity contribution in [2.24, 2.45) is 7.05 Å². The number of morpholine rings is 1. The number of aromatic nitrogens is 2. The van der Waals surface area contributed by atoms with E-state index in [2.05, 4.69) is 10.3 Å². The first kappa shape index (κ1) is 20.6. The maximum Gasteiger partial charge on any atom is 0.255 e. The van der Waals surface area contributed by atoms with E-state index in [1.807, 2.05) is 17.8 Å². The van der Waals surface area contributed by atoms with Gasteiger partial charge in [0.2, 0.25) is 0 Å². The fraction of sp³-hybridized carbons (Fsp3) is 0.261. The van der Waals surface area contributed by atoms with Crippen LogP contribution in [0.5, 0.6) is 5.75 Å². The molecule has 2 heterocycles. The fourth-order valence-electron chi connectivity index (χ4n) is 3.27. The molecular formula is C23H24N4O4. The minimum absolute atomic E-state index is 0.0615. The van der Waals surface area contributed by atoms with Crippen LogP contribution in [0, 0.1) is 0 Å². The lowest BCUT2D eigenvalue weighted by atomic mass is 10.1. The monoisotopic (exact) mass is 420 g/mol. The zero-order valence-corrected chi connectivity index (χ0v) is 17.3. The van der Waals surface area contributed by atoms with E-state index in [1.54, 1.807) is 59.6 Å². The summed E-state index contributed by atoms with van der Waals surface area (Å²) < 4.78 is 12.9. The Morgan fingerprint density at radius 1 is 1.10 bits per heavy atom. The van der Waals surface area contributed by atoms with Gasteiger partial charge in [-0.05, 0) is 42.5 Å². The second-order valence-corrected chi connectivity index (χ2v) is 7.21. The lowest BCUT2D eigenvalue weighted by Crippen LogP contribution is -2.40. The summed E-state index contributed by atoms with van der Waals surface area (Å²) in [6.45, 7) is 2.58. The number of nitrogens with one attached hydrogen (secondary N) is 1. The summed E-state index contributed by atoms with van der Waals surface area (Å²) in [6, 6.07) is 13.9. The Morgan fingerprint density at radius 2 is 1.87 bits per heavy atom. The highest BCUT2D eigenvalue weighted by Crippen LogP contribution is 2.17. The number of amides is 2. The third kappa shape index (κ3) is 5.10. The molecule has 2 aromatic carbocycles. The number of aryl methyl sites for hydroxylation is 1. The Morgan fingerprint density at radius 3 is 2.58 bits per heavy atom. The van der Waals surface area contributed by atoms with Crippen LogP contribution >= 0.6 is 0 Å². The Kier molecular flexibility index (Phi) is 6.28. The quantitative estimate of drug-likeness (QED) is 0.663. The predicted octanol–water partition coefficient (Wildman–Crippen LogP) is 2.72. The van der Waals surface area contributed by atoms with Gasteiger partial charge in [0.05, 0.1) is 13.2 Å². The molecule has 1 N–H and O–H groups in total. The van der Waals surface area contributed by atoms with Gasteiger partial charge in [0.1, 0.15) is 18.2 Å². The molecule has 8 heteroatoms. The van der Waals surface area contributed by atoms with Crippen LogP contribution in [0.4, 0.5) is 5.69 Å². The molecular weight excluding hydrogens is 396 g/mol. The van der Waals surface area contributed by atoms with E-state index in [0.717, 1.165) is 5.82 Å². The highest BCUT2D eigenvalue weighted by atomic mass is 16.5. The number of anilines is 1. The van der Waals surface area contributed by atoms with Gasteiger partial charge >= 0.3 is 0 Å². The van der Waals surface area contributed by atoms with Crippen molar-refractivity contribution >= 4 is 17.5 Å². The van der Waals surface area contributed by atoms with Crippen molar-refractivity contribution in [3.63, 3.8) is 0 Å². The van der Waals surface area contributed by atoms with Crippen molar-refractivity contribution in [1.82, 2.24) is 14.5 Å². The van der Waals surface area contributed by atoms with Gasteiger partial charge in [-0.15, -0.1) is 0 Å². The first-order valence-electron chi connectivity index (χ1n) is 10.1. The third-order valence-electron chi connectivity index (χ3n) is 5.07. The zero-order chi connectivity index (χ0) is 21.6. The Hall–Kier alpha value is -3.65. The van der Waals surface area contributed by atoms with Crippen molar-refractivity contribution in [3.8, 4) is 5.75 Å². The zero-order valence-electron chi connectivity index (χ0n) is 17.3. The van der Waals surface area contributed by atoms with E-state index >= 15 is 0 Å². The van der Waals surface area contributed by atoms with E-state index in [9.17, 15) is 9.59 Å². The topological polar surface area (TPSA) is 85.7 Å². The number of hydrogen-bond acceptors (Lipinski definition) is 5. The van der Waals surface area contributed by atoms with Crippen molar-refractivity contribution in [3.05, 3.63) is 77.9 Å². The summed E-state index contributed by atoms with van der Waals surface area (Å²) in [7, 11) is 1.91. The van der Waals surface area contributed by atoms with Gasteiger partial charge in [0.15, 0.2) is 0 Å². The molecule has 2 amide bonds. The summed E-state index contributed by atoms with van der Waals surface area (Å²) in [6.07, 6.45) is 3.57. The summed E-state index contributed by atoms with van der Waals surface area (Å²) in [5.74, 6) is 1.14. The van der Waals surface area contributed by atoms with E-state index in [-0.39, 0.29) is 11.8 Å². The molecule has 1 aliphatic heterocycles. The molecule has 1 fully saturated rings. The van der Waals surface area contributed by atoms with Crippen molar-refractivity contribution in [1.29, 1.82) is 0 Å². The van der Waals surface area contributed by atoms with Gasteiger partial charge in [-0.1, -0.05) is 6.07 Å². The maximum atomic E-state index is 12.7. The molecule has 0 bridgehead atoms. The number of rotatable bonds is 6. The van der Waals surface area contributed by atoms with Crippen LogP contribution in [0.2, 0.25) is 0 Å². The van der Waals surface area contributed by atoms with Gasteiger partial charge in [-0.25, -0.2) is 4.98 Å². The molecule has 4 rings (SSSR count). The summed E-state index contributed by atoms with van der Waals surface area (Å²) in [5, 5.41) is 2.85. The van der Waals surface area contributed by atoms with E-state index in [1.165, 1.54) is 0 Å². The third-order valence-corrected chi connectivity index (χ3v) is 5.07. The number of hydrogen-bond donors (Lipinski definition) is 1. The molecule has 0 aliphatic carbocycles. The van der Waals surface area contributed by atoms with Crippen LogP contribution in [0.15, 0.2) is 60.9 Å². The minimum atomic E-state index is -0.258. The molecule has 160 valence electrons. The summed E-state index contributed by atoms with van der Waals surface area (Å²) in [4.78, 5) is 31.2. The van der Waals surface area contributed by atoms with Gasteiger partial charge in [0.25, 0.3) is 11.8 Å². The van der Waals surface area contributed by atoms with E-state index < -0.39 is 0 Å². The second kappa shape index (κ2) is 9.44. The van der Waals surface area contributed by atoms with Crippen LogP contribution in [-0.4, -0.2) is 52.6 Å². The van der Waals surface area contributed by atoms with Crippen LogP contribution < -0.4 is 10.1 Å². The van der Waals surface area contributed by atoms with Gasteiger partial charge in [-0.2, -0.15) is 0 Å². The van der Waals surface area contributed by atoms with Crippen LogP contribution in [0.1, 0.15) is 26.5 Å². The summed E-state index contributed by atoms with van der Waals surface area (Å²) in [5.41, 5.74) is 1.60. The van der Waals surface area contributed by atoms with Crippen LogP contribution in [0.25, 0.3) is 0 Å². The molecule has 1 aromatic heterocycles. The van der Waals surface area contributed by atoms with Crippen LogP contribution in [-0.2, 0) is 18.4 Å². The highest BCUT2D eigenvalue weighted by molar-refractivity contribution is 6.05. The molecule has 1 aliphatic rings. The van der Waals surface area contributed by atoms with Gasteiger partial charge < -0.3 is 24.3 Å². The normalized spacial score (nSPS) is 13.6. The number of nitrogens with zero attached hydrogens (tertiary/aromatic N) is 3. The smallest absolute Gasteiger partial charge is 0.255 e. The Labute approximate surface area is 180 Å². The summed E-state index contributed by atoms with van der Waals surface area (Å²) >= 11 is 0. The van der Waals surface area contributed by atoms with Gasteiger partial charge in [-0.3, -0.25) is 9.59 Å². The molecule has 1 saturated heterocycles. The molecule has 3 aromatic rings. The van der Waals surface area contributed by atoms with E-state index in [0.29, 0.717) is 55.5 Å². The lowest BCUT2D eigenvalue weighted by Gasteiger charge is -2.27. The average Bonchev–Trinajstić information content (AvgIpc) is 3.23. The molecule has 0 radical (unpaired) electrons. The minimum Gasteiger partial charge on any atom is -0.486 e. The largest absolute Gasteiger partial charge is 0.486 e. The predicted molar refractivity (Wildman–Crippen MR) is 115 cm³/mol. The first-order chi connectivity index (χ1) is 15.1. The molecule has 0 saturated carbocycles. The van der Waals surface area contributed by atoms with Crippen molar-refractivity contribution in [2.45, 2.75) is 6.61 Å². The number of benzene rings is 2. The molecule has 0 spiro atoms. The maximum absolute atomic E-state index is 12.7. The standard InChI is InChI=1S/C23H24N4O4/c1-26-10-9-24-21(26)16-31-20-7-5-17(6-8-20)22(28)25-19-4-2-3-18(15-19)23(29)27-11-13-30-14-12-27/h2-10,15H,11-14,16H2,1H3,(H,25,28). The average molecular weight is 420 g/mol. The lowest BCUT2D eigenvalue weighted by molar-refractivity contribution is 0.0303. The number of ether oxygens (including phenoxy) is 2.